The smallest absolute Gasteiger partial charge is 0.326 e. The largest absolute Gasteiger partial charge is 0.482 e. The van der Waals surface area contributed by atoms with E-state index in [1.165, 1.54) is 4.90 Å². The predicted molar refractivity (Wildman–Crippen MR) is 96.9 cm³/mol. The number of esters is 1. The first-order valence-corrected chi connectivity index (χ1v) is 8.62. The van der Waals surface area contributed by atoms with Crippen LogP contribution in [0.2, 0.25) is 0 Å². The van der Waals surface area contributed by atoms with Crippen molar-refractivity contribution in [1.29, 1.82) is 0 Å². The Morgan fingerprint density at radius 3 is 2.54 bits per heavy atom. The summed E-state index contributed by atoms with van der Waals surface area (Å²) < 4.78 is 10.8. The van der Waals surface area contributed by atoms with Gasteiger partial charge < -0.3 is 14.8 Å². The third kappa shape index (κ3) is 4.97. The number of carbonyl (C=O) groups excluding carboxylic acids is 3. The number of amides is 2. The molecule has 1 aromatic carbocycles. The average Bonchev–Trinajstić information content (AvgIpc) is 2.53. The molecular formula is C19H26N2O5. The summed E-state index contributed by atoms with van der Waals surface area (Å²) in [6.07, 6.45) is -0.923. The molecule has 142 valence electrons. The maximum Gasteiger partial charge on any atom is 0.326 e. The number of fused-ring (bicyclic) bond motifs is 1. The van der Waals surface area contributed by atoms with E-state index in [0.29, 0.717) is 11.4 Å². The van der Waals surface area contributed by atoms with Gasteiger partial charge in [0.1, 0.15) is 12.3 Å². The van der Waals surface area contributed by atoms with E-state index in [1.807, 2.05) is 20.8 Å². The van der Waals surface area contributed by atoms with Crippen LogP contribution in [0.1, 0.15) is 34.6 Å². The molecule has 0 unspecified atom stereocenters. The number of anilines is 1. The van der Waals surface area contributed by atoms with E-state index >= 15 is 0 Å². The molecule has 0 radical (unpaired) electrons. The molecule has 2 amide bonds. The molecule has 0 aromatic heterocycles. The first-order valence-electron chi connectivity index (χ1n) is 8.62. The maximum absolute atomic E-state index is 12.4. The van der Waals surface area contributed by atoms with Crippen molar-refractivity contribution < 1.29 is 23.9 Å². The molecule has 0 saturated carbocycles. The van der Waals surface area contributed by atoms with Gasteiger partial charge in [0.15, 0.2) is 12.7 Å². The molecule has 26 heavy (non-hydrogen) atoms. The summed E-state index contributed by atoms with van der Waals surface area (Å²) in [6, 6.07) is 6.98. The van der Waals surface area contributed by atoms with Crippen molar-refractivity contribution in [1.82, 2.24) is 5.32 Å². The highest BCUT2D eigenvalue weighted by molar-refractivity contribution is 6.01. The minimum absolute atomic E-state index is 0.136. The van der Waals surface area contributed by atoms with Gasteiger partial charge in [0, 0.05) is 5.54 Å². The molecule has 0 fully saturated rings. The number of ether oxygens (including phenoxy) is 2. The van der Waals surface area contributed by atoms with Crippen LogP contribution < -0.4 is 15.0 Å². The van der Waals surface area contributed by atoms with Crippen molar-refractivity contribution in [2.24, 2.45) is 5.92 Å². The SMILES string of the molecule is CC(C)[C@H](OC(=O)CN1C(=O)COc2ccccc21)C(=O)NC(C)(C)C. The van der Waals surface area contributed by atoms with Gasteiger partial charge in [-0.15, -0.1) is 0 Å². The lowest BCUT2D eigenvalue weighted by molar-refractivity contribution is -0.158. The van der Waals surface area contributed by atoms with Crippen LogP contribution in [0.4, 0.5) is 5.69 Å². The molecule has 1 heterocycles. The summed E-state index contributed by atoms with van der Waals surface area (Å²) in [7, 11) is 0. The van der Waals surface area contributed by atoms with E-state index < -0.39 is 17.6 Å². The van der Waals surface area contributed by atoms with E-state index in [0.717, 1.165) is 0 Å². The summed E-state index contributed by atoms with van der Waals surface area (Å²) in [4.78, 5) is 38.3. The van der Waals surface area contributed by atoms with Crippen LogP contribution in [0.3, 0.4) is 0 Å². The summed E-state index contributed by atoms with van der Waals surface area (Å²) >= 11 is 0. The number of hydrogen-bond donors (Lipinski definition) is 1. The number of nitrogens with zero attached hydrogens (tertiary/aromatic N) is 1. The minimum atomic E-state index is -0.923. The van der Waals surface area contributed by atoms with Crippen molar-refractivity contribution in [2.75, 3.05) is 18.1 Å². The lowest BCUT2D eigenvalue weighted by Gasteiger charge is -2.30. The van der Waals surface area contributed by atoms with Crippen LogP contribution in [-0.2, 0) is 19.1 Å². The molecule has 0 spiro atoms. The average molecular weight is 362 g/mol. The number of benzene rings is 1. The van der Waals surface area contributed by atoms with Crippen LogP contribution in [-0.4, -0.2) is 42.6 Å². The van der Waals surface area contributed by atoms with Gasteiger partial charge in [-0.25, -0.2) is 0 Å². The zero-order chi connectivity index (χ0) is 19.5. The predicted octanol–water partition coefficient (Wildman–Crippen LogP) is 1.89. The summed E-state index contributed by atoms with van der Waals surface area (Å²) in [6.45, 7) is 8.76. The third-order valence-electron chi connectivity index (χ3n) is 3.72. The molecule has 1 N–H and O–H groups in total. The van der Waals surface area contributed by atoms with Gasteiger partial charge >= 0.3 is 5.97 Å². The Balaban J connectivity index is 2.09. The van der Waals surface area contributed by atoms with Gasteiger partial charge in [-0.3, -0.25) is 19.3 Å². The van der Waals surface area contributed by atoms with E-state index in [4.69, 9.17) is 9.47 Å². The molecule has 7 heteroatoms. The Kier molecular flexibility index (Phi) is 5.90. The number of nitrogens with one attached hydrogen (secondary N) is 1. The Bertz CT molecular complexity index is 693. The fourth-order valence-electron chi connectivity index (χ4n) is 2.57. The lowest BCUT2D eigenvalue weighted by Crippen LogP contribution is -2.50. The van der Waals surface area contributed by atoms with E-state index in [-0.39, 0.29) is 30.9 Å². The van der Waals surface area contributed by atoms with Crippen LogP contribution in [0, 0.1) is 5.92 Å². The second kappa shape index (κ2) is 7.76. The van der Waals surface area contributed by atoms with Crippen molar-refractivity contribution in [3.05, 3.63) is 24.3 Å². The standard InChI is InChI=1S/C19H26N2O5/c1-12(2)17(18(24)20-19(3,4)5)26-16(23)10-21-13-8-6-7-9-14(13)25-11-15(21)22/h6-9,12,17H,10-11H2,1-5H3,(H,20,24)/t17-/m0/s1. The molecule has 2 rings (SSSR count). The number of carbonyl (C=O) groups is 3. The molecule has 0 aliphatic carbocycles. The van der Waals surface area contributed by atoms with Crippen molar-refractivity contribution in [2.45, 2.75) is 46.3 Å². The molecule has 1 aliphatic rings. The van der Waals surface area contributed by atoms with Crippen LogP contribution in [0.5, 0.6) is 5.75 Å². The van der Waals surface area contributed by atoms with Gasteiger partial charge in [-0.2, -0.15) is 0 Å². The molecule has 0 bridgehead atoms. The molecule has 7 nitrogen and oxygen atoms in total. The van der Waals surface area contributed by atoms with Crippen LogP contribution in [0.15, 0.2) is 24.3 Å². The number of hydrogen-bond acceptors (Lipinski definition) is 5. The molecule has 0 saturated heterocycles. The highest BCUT2D eigenvalue weighted by Gasteiger charge is 2.32. The Hall–Kier alpha value is -2.57. The highest BCUT2D eigenvalue weighted by Crippen LogP contribution is 2.31. The molecule has 1 atom stereocenters. The first-order chi connectivity index (χ1) is 12.1. The van der Waals surface area contributed by atoms with E-state index in [9.17, 15) is 14.4 Å². The monoisotopic (exact) mass is 362 g/mol. The first kappa shape index (κ1) is 19.8. The fraction of sp³-hybridized carbons (Fsp3) is 0.526. The van der Waals surface area contributed by atoms with Crippen molar-refractivity contribution in [3.8, 4) is 5.75 Å². The van der Waals surface area contributed by atoms with Crippen molar-refractivity contribution >= 4 is 23.5 Å². The van der Waals surface area contributed by atoms with Gasteiger partial charge in [-0.1, -0.05) is 26.0 Å². The van der Waals surface area contributed by atoms with E-state index in [1.54, 1.807) is 38.1 Å². The van der Waals surface area contributed by atoms with Crippen molar-refractivity contribution in [3.63, 3.8) is 0 Å². The molecular weight excluding hydrogens is 336 g/mol. The molecule has 1 aliphatic heterocycles. The second-order valence-corrected chi connectivity index (χ2v) is 7.63. The van der Waals surface area contributed by atoms with Crippen LogP contribution >= 0.6 is 0 Å². The lowest BCUT2D eigenvalue weighted by atomic mass is 10.0. The second-order valence-electron chi connectivity index (χ2n) is 7.63. The topological polar surface area (TPSA) is 84.9 Å². The van der Waals surface area contributed by atoms with Gasteiger partial charge in [0.05, 0.1) is 5.69 Å². The molecule has 1 aromatic rings. The summed E-state index contributed by atoms with van der Waals surface area (Å²) in [5, 5.41) is 2.82. The third-order valence-corrected chi connectivity index (χ3v) is 3.72. The normalized spacial score (nSPS) is 15.2. The number of rotatable bonds is 5. The quantitative estimate of drug-likeness (QED) is 0.809. The zero-order valence-corrected chi connectivity index (χ0v) is 15.9. The van der Waals surface area contributed by atoms with Crippen LogP contribution in [0.25, 0.3) is 0 Å². The summed E-state index contributed by atoms with van der Waals surface area (Å²) in [5.41, 5.74) is 0.0800. The van der Waals surface area contributed by atoms with E-state index in [2.05, 4.69) is 5.32 Å². The Morgan fingerprint density at radius 2 is 1.92 bits per heavy atom. The van der Waals surface area contributed by atoms with Gasteiger partial charge in [0.2, 0.25) is 0 Å². The highest BCUT2D eigenvalue weighted by atomic mass is 16.5. The van der Waals surface area contributed by atoms with Gasteiger partial charge in [-0.05, 0) is 38.8 Å². The van der Waals surface area contributed by atoms with Gasteiger partial charge in [0.25, 0.3) is 11.8 Å². The Morgan fingerprint density at radius 1 is 1.27 bits per heavy atom. The zero-order valence-electron chi connectivity index (χ0n) is 15.9. The minimum Gasteiger partial charge on any atom is -0.482 e. The Labute approximate surface area is 153 Å². The fourth-order valence-corrected chi connectivity index (χ4v) is 2.57. The number of para-hydroxylation sites is 2. The maximum atomic E-state index is 12.4. The summed E-state index contributed by atoms with van der Waals surface area (Å²) in [5.74, 6) is -0.993.